The normalized spacial score (nSPS) is 10.4. The molecule has 0 saturated heterocycles. The SMILES string of the molecule is C=CCn1nnnc1NCc1ccc(OCc2cccs2)cc1. The topological polar surface area (TPSA) is 64.9 Å². The smallest absolute Gasteiger partial charge is 0.243 e. The van der Waals surface area contributed by atoms with E-state index in [1.807, 2.05) is 35.7 Å². The zero-order chi connectivity index (χ0) is 15.9. The highest BCUT2D eigenvalue weighted by atomic mass is 32.1. The van der Waals surface area contributed by atoms with E-state index in [2.05, 4.69) is 33.5 Å². The molecule has 0 amide bonds. The standard InChI is InChI=1S/C16H17N5OS/c1-2-9-21-16(18-19-20-21)17-11-13-5-7-14(8-6-13)22-12-15-4-3-10-23-15/h2-8,10H,1,9,11-12H2,(H,17,18,20). The molecule has 0 aliphatic carbocycles. The lowest BCUT2D eigenvalue weighted by Crippen LogP contribution is -2.08. The molecule has 1 aromatic carbocycles. The van der Waals surface area contributed by atoms with Crippen LogP contribution in [0.4, 0.5) is 5.95 Å². The largest absolute Gasteiger partial charge is 0.488 e. The fraction of sp³-hybridized carbons (Fsp3) is 0.188. The fourth-order valence-corrected chi connectivity index (χ4v) is 2.63. The summed E-state index contributed by atoms with van der Waals surface area (Å²) in [5, 5.41) is 16.7. The maximum atomic E-state index is 5.75. The molecule has 0 aliphatic rings. The second-order valence-electron chi connectivity index (χ2n) is 4.84. The van der Waals surface area contributed by atoms with Gasteiger partial charge in [0.25, 0.3) is 0 Å². The molecule has 2 heterocycles. The summed E-state index contributed by atoms with van der Waals surface area (Å²) in [6.07, 6.45) is 1.75. The summed E-state index contributed by atoms with van der Waals surface area (Å²) < 4.78 is 7.41. The lowest BCUT2D eigenvalue weighted by molar-refractivity contribution is 0.310. The van der Waals surface area contributed by atoms with Gasteiger partial charge >= 0.3 is 0 Å². The third-order valence-corrected chi connectivity index (χ3v) is 4.02. The van der Waals surface area contributed by atoms with E-state index >= 15 is 0 Å². The molecular weight excluding hydrogens is 310 g/mol. The monoisotopic (exact) mass is 327 g/mol. The number of hydrogen-bond acceptors (Lipinski definition) is 6. The Morgan fingerprint density at radius 2 is 2.13 bits per heavy atom. The van der Waals surface area contributed by atoms with Crippen LogP contribution in [-0.4, -0.2) is 20.2 Å². The summed E-state index contributed by atoms with van der Waals surface area (Å²) in [5.74, 6) is 1.49. The number of benzene rings is 1. The van der Waals surface area contributed by atoms with Crippen LogP contribution >= 0.6 is 11.3 Å². The van der Waals surface area contributed by atoms with Crippen molar-refractivity contribution in [1.29, 1.82) is 0 Å². The Labute approximate surface area is 138 Å². The number of nitrogens with zero attached hydrogens (tertiary/aromatic N) is 4. The lowest BCUT2D eigenvalue weighted by Gasteiger charge is -2.08. The first kappa shape index (κ1) is 15.2. The van der Waals surface area contributed by atoms with Crippen LogP contribution in [0.15, 0.2) is 54.4 Å². The van der Waals surface area contributed by atoms with Gasteiger partial charge in [-0.25, -0.2) is 4.68 Å². The first-order valence-electron chi connectivity index (χ1n) is 7.20. The van der Waals surface area contributed by atoms with Crippen LogP contribution in [0, 0.1) is 0 Å². The van der Waals surface area contributed by atoms with Crippen molar-refractivity contribution >= 4 is 17.3 Å². The van der Waals surface area contributed by atoms with Crippen LogP contribution in [0.25, 0.3) is 0 Å². The molecule has 0 unspecified atom stereocenters. The minimum atomic E-state index is 0.574. The quantitative estimate of drug-likeness (QED) is 0.644. The minimum absolute atomic E-state index is 0.574. The third kappa shape index (κ3) is 4.17. The van der Waals surface area contributed by atoms with Gasteiger partial charge in [0.15, 0.2) is 0 Å². The molecule has 6 nitrogen and oxygen atoms in total. The first-order chi connectivity index (χ1) is 11.3. The Kier molecular flexibility index (Phi) is 5.00. The van der Waals surface area contributed by atoms with Gasteiger partial charge in [0, 0.05) is 11.4 Å². The van der Waals surface area contributed by atoms with Gasteiger partial charge in [-0.2, -0.15) is 0 Å². The minimum Gasteiger partial charge on any atom is -0.488 e. The van der Waals surface area contributed by atoms with Crippen molar-refractivity contribution in [2.24, 2.45) is 0 Å². The van der Waals surface area contributed by atoms with Gasteiger partial charge in [0.2, 0.25) is 5.95 Å². The molecular formula is C16H17N5OS. The molecule has 0 fully saturated rings. The molecule has 7 heteroatoms. The van der Waals surface area contributed by atoms with Gasteiger partial charge in [-0.05, 0) is 39.6 Å². The summed E-state index contributed by atoms with van der Waals surface area (Å²) >= 11 is 1.69. The molecule has 0 radical (unpaired) electrons. The van der Waals surface area contributed by atoms with Crippen LogP contribution in [0.3, 0.4) is 0 Å². The van der Waals surface area contributed by atoms with E-state index < -0.39 is 0 Å². The van der Waals surface area contributed by atoms with Gasteiger partial charge < -0.3 is 10.1 Å². The van der Waals surface area contributed by atoms with E-state index in [1.54, 1.807) is 22.1 Å². The number of rotatable bonds is 8. The van der Waals surface area contributed by atoms with Crippen molar-refractivity contribution in [2.75, 3.05) is 5.32 Å². The van der Waals surface area contributed by atoms with Crippen LogP contribution in [0.2, 0.25) is 0 Å². The summed E-state index contributed by atoms with van der Waals surface area (Å²) in [6.45, 7) is 5.50. The molecule has 0 saturated carbocycles. The Morgan fingerprint density at radius 3 is 2.87 bits per heavy atom. The van der Waals surface area contributed by atoms with Gasteiger partial charge in [-0.3, -0.25) is 0 Å². The average Bonchev–Trinajstić information content (AvgIpc) is 3.24. The van der Waals surface area contributed by atoms with Crippen LogP contribution in [-0.2, 0) is 19.7 Å². The maximum Gasteiger partial charge on any atom is 0.243 e. The Morgan fingerprint density at radius 1 is 1.26 bits per heavy atom. The summed E-state index contributed by atoms with van der Waals surface area (Å²) in [6, 6.07) is 12.1. The second kappa shape index (κ2) is 7.55. The van der Waals surface area contributed by atoms with Crippen molar-refractivity contribution in [3.8, 4) is 5.75 Å². The molecule has 23 heavy (non-hydrogen) atoms. The van der Waals surface area contributed by atoms with Crippen molar-refractivity contribution in [3.05, 3.63) is 64.9 Å². The molecule has 0 bridgehead atoms. The molecule has 0 aliphatic heterocycles. The van der Waals surface area contributed by atoms with E-state index in [0.29, 0.717) is 25.6 Å². The number of aromatic nitrogens is 4. The molecule has 0 spiro atoms. The molecule has 3 aromatic rings. The summed E-state index contributed by atoms with van der Waals surface area (Å²) in [5.41, 5.74) is 1.13. The number of tetrazole rings is 1. The number of hydrogen-bond donors (Lipinski definition) is 1. The zero-order valence-corrected chi connectivity index (χ0v) is 13.4. The predicted molar refractivity (Wildman–Crippen MR) is 90.4 cm³/mol. The van der Waals surface area contributed by atoms with E-state index in [0.717, 1.165) is 11.3 Å². The van der Waals surface area contributed by atoms with Gasteiger partial charge in [-0.15, -0.1) is 17.9 Å². The number of allylic oxidation sites excluding steroid dienone is 1. The third-order valence-electron chi connectivity index (χ3n) is 3.17. The highest BCUT2D eigenvalue weighted by molar-refractivity contribution is 7.09. The molecule has 2 aromatic heterocycles. The van der Waals surface area contributed by atoms with Crippen molar-refractivity contribution in [1.82, 2.24) is 20.2 Å². The lowest BCUT2D eigenvalue weighted by atomic mass is 10.2. The van der Waals surface area contributed by atoms with Crippen molar-refractivity contribution in [3.63, 3.8) is 0 Å². The van der Waals surface area contributed by atoms with Crippen LogP contribution in [0.5, 0.6) is 5.75 Å². The number of ether oxygens (including phenoxy) is 1. The fourth-order valence-electron chi connectivity index (χ4n) is 2.01. The summed E-state index contributed by atoms with van der Waals surface area (Å²) in [7, 11) is 0. The van der Waals surface area contributed by atoms with Crippen LogP contribution in [0.1, 0.15) is 10.4 Å². The second-order valence-corrected chi connectivity index (χ2v) is 5.87. The molecule has 3 rings (SSSR count). The van der Waals surface area contributed by atoms with E-state index in [1.165, 1.54) is 4.88 Å². The number of thiophene rings is 1. The summed E-state index contributed by atoms with van der Waals surface area (Å²) in [4.78, 5) is 1.21. The van der Waals surface area contributed by atoms with Gasteiger partial charge in [0.05, 0.1) is 6.54 Å². The number of nitrogens with one attached hydrogen (secondary N) is 1. The highest BCUT2D eigenvalue weighted by Crippen LogP contribution is 2.17. The van der Waals surface area contributed by atoms with Crippen molar-refractivity contribution < 1.29 is 4.74 Å². The van der Waals surface area contributed by atoms with E-state index in [4.69, 9.17) is 4.74 Å². The van der Waals surface area contributed by atoms with Gasteiger partial charge in [-0.1, -0.05) is 29.4 Å². The van der Waals surface area contributed by atoms with Crippen molar-refractivity contribution in [2.45, 2.75) is 19.7 Å². The Bertz CT molecular complexity index is 736. The molecule has 1 N–H and O–H groups in total. The highest BCUT2D eigenvalue weighted by Gasteiger charge is 2.04. The molecule has 118 valence electrons. The zero-order valence-electron chi connectivity index (χ0n) is 12.6. The van der Waals surface area contributed by atoms with Crippen LogP contribution < -0.4 is 10.1 Å². The number of anilines is 1. The maximum absolute atomic E-state index is 5.75. The molecule has 0 atom stereocenters. The van der Waals surface area contributed by atoms with Gasteiger partial charge in [0.1, 0.15) is 12.4 Å². The van der Waals surface area contributed by atoms with E-state index in [-0.39, 0.29) is 0 Å². The first-order valence-corrected chi connectivity index (χ1v) is 8.08. The van der Waals surface area contributed by atoms with E-state index in [9.17, 15) is 0 Å². The average molecular weight is 327 g/mol. The Hall–Kier alpha value is -2.67. The Balaban J connectivity index is 1.52. The predicted octanol–water partition coefficient (Wildman–Crippen LogP) is 3.11.